The van der Waals surface area contributed by atoms with Gasteiger partial charge in [-0.1, -0.05) is 50.3 Å². The van der Waals surface area contributed by atoms with Crippen molar-refractivity contribution in [2.24, 2.45) is 5.73 Å². The average molecular weight is 625 g/mol. The van der Waals surface area contributed by atoms with Gasteiger partial charge in [0.05, 0.1) is 22.5 Å². The number of aromatic nitrogens is 1. The summed E-state index contributed by atoms with van der Waals surface area (Å²) in [6.07, 6.45) is -0.861. The molecule has 0 bridgehead atoms. The van der Waals surface area contributed by atoms with Gasteiger partial charge >= 0.3 is 12.5 Å². The normalized spacial score (nSPS) is 14.6. The number of halogens is 8. The predicted octanol–water partition coefficient (Wildman–Crippen LogP) is 8.22. The van der Waals surface area contributed by atoms with Gasteiger partial charge in [-0.3, -0.25) is 4.79 Å². The first-order valence-electron chi connectivity index (χ1n) is 11.8. The van der Waals surface area contributed by atoms with Gasteiger partial charge in [0.25, 0.3) is 0 Å². The highest BCUT2D eigenvalue weighted by Crippen LogP contribution is 2.36. The Kier molecular flexibility index (Phi) is 13.8. The molecular formula is C27H28Cl2F6N4O2. The highest BCUT2D eigenvalue weighted by atomic mass is 35.5. The second kappa shape index (κ2) is 16.0. The number of anilines is 2. The lowest BCUT2D eigenvalue weighted by Gasteiger charge is -2.29. The molecular weight excluding hydrogens is 597 g/mol. The molecule has 14 heteroatoms. The van der Waals surface area contributed by atoms with Crippen molar-refractivity contribution >= 4 is 41.1 Å². The summed E-state index contributed by atoms with van der Waals surface area (Å²) in [5.74, 6) is -0.199. The van der Waals surface area contributed by atoms with E-state index in [4.69, 9.17) is 28.9 Å². The molecule has 0 saturated heterocycles. The number of ether oxygens (including phenoxy) is 1. The first kappa shape index (κ1) is 35.4. The van der Waals surface area contributed by atoms with E-state index in [2.05, 4.69) is 21.6 Å². The molecule has 1 heterocycles. The van der Waals surface area contributed by atoms with Gasteiger partial charge in [-0.25, -0.2) is 4.98 Å². The number of pyridine rings is 1. The van der Waals surface area contributed by atoms with E-state index in [1.807, 2.05) is 26.8 Å². The molecule has 224 valence electrons. The van der Waals surface area contributed by atoms with Gasteiger partial charge in [-0.2, -0.15) is 13.2 Å². The van der Waals surface area contributed by atoms with E-state index in [0.717, 1.165) is 30.0 Å². The lowest BCUT2D eigenvalue weighted by atomic mass is 10.2. The molecule has 1 unspecified atom stereocenters. The molecule has 1 aliphatic carbocycles. The predicted molar refractivity (Wildman–Crippen MR) is 150 cm³/mol. The van der Waals surface area contributed by atoms with Gasteiger partial charge in [-0.05, 0) is 48.9 Å². The van der Waals surface area contributed by atoms with Gasteiger partial charge < -0.3 is 20.7 Å². The Balaban J connectivity index is 0.000000445. The molecule has 6 nitrogen and oxygen atoms in total. The number of nitrogens with one attached hydrogen (secondary N) is 1. The van der Waals surface area contributed by atoms with E-state index in [0.29, 0.717) is 17.8 Å². The van der Waals surface area contributed by atoms with Crippen molar-refractivity contribution in [2.45, 2.75) is 38.7 Å². The minimum atomic E-state index is -4.69. The summed E-state index contributed by atoms with van der Waals surface area (Å²) in [5, 5.41) is 1.59. The highest BCUT2D eigenvalue weighted by Gasteiger charge is 2.33. The molecule has 2 aromatic rings. The summed E-state index contributed by atoms with van der Waals surface area (Å²) in [5.41, 5.74) is 6.97. The topological polar surface area (TPSA) is 80.5 Å². The maximum Gasteiger partial charge on any atom is 0.573 e. The number of carbonyl (C=O) groups is 1. The molecule has 0 spiro atoms. The Morgan fingerprint density at radius 2 is 1.80 bits per heavy atom. The first-order chi connectivity index (χ1) is 19.1. The summed E-state index contributed by atoms with van der Waals surface area (Å²) in [4.78, 5) is 15.4. The van der Waals surface area contributed by atoms with Crippen LogP contribution in [0.5, 0.6) is 5.75 Å². The molecule has 1 amide bonds. The van der Waals surface area contributed by atoms with Crippen LogP contribution in [0.4, 0.5) is 37.8 Å². The minimum Gasteiger partial charge on any atom is -0.406 e. The average Bonchev–Trinajstić information content (AvgIpc) is 3.04. The second-order valence-corrected chi connectivity index (χ2v) is 8.75. The van der Waals surface area contributed by atoms with Crippen molar-refractivity contribution in [3.05, 3.63) is 95.0 Å². The van der Waals surface area contributed by atoms with Gasteiger partial charge in [0.1, 0.15) is 5.75 Å². The molecule has 3 N–H and O–H groups in total. The number of amides is 1. The van der Waals surface area contributed by atoms with Gasteiger partial charge in [-0.15, -0.1) is 24.8 Å². The lowest BCUT2D eigenvalue weighted by molar-refractivity contribution is -0.274. The molecule has 41 heavy (non-hydrogen) atoms. The maximum absolute atomic E-state index is 12.8. The Hall–Kier alpha value is -3.64. The van der Waals surface area contributed by atoms with Gasteiger partial charge in [0, 0.05) is 23.3 Å². The third-order valence-corrected chi connectivity index (χ3v) is 5.34. The molecule has 1 aliphatic rings. The molecule has 1 aromatic heterocycles. The number of hydrogen-bond acceptors (Lipinski definition) is 5. The largest absolute Gasteiger partial charge is 0.573 e. The third-order valence-electron chi connectivity index (χ3n) is 4.69. The zero-order valence-electron chi connectivity index (χ0n) is 22.2. The van der Waals surface area contributed by atoms with Crippen LogP contribution >= 0.6 is 23.2 Å². The Morgan fingerprint density at radius 3 is 2.29 bits per heavy atom. The first-order valence-corrected chi connectivity index (χ1v) is 12.6. The second-order valence-electron chi connectivity index (χ2n) is 7.87. The standard InChI is InChI=1S/C17H16Cl2F3N3.C8H6F3NO2.C2H6/c1-10-4-3-5-13(18)15(6-10)25(9-11(2)23)16-14(19)7-12(8-24-16)17(20,21)22;9-8(10,11)14-7-3-1-6(2-4-7)12-5-13;1-2/h3-8,13H,2,9,23H2,1H3;1-5H,(H,12,13);1-2H3. The van der Waals surface area contributed by atoms with Crippen molar-refractivity contribution in [1.82, 2.24) is 4.98 Å². The molecule has 3 rings (SSSR count). The smallest absolute Gasteiger partial charge is 0.406 e. The van der Waals surface area contributed by atoms with Crippen LogP contribution in [0.2, 0.25) is 5.02 Å². The molecule has 1 aromatic carbocycles. The van der Waals surface area contributed by atoms with Crippen molar-refractivity contribution in [1.29, 1.82) is 0 Å². The monoisotopic (exact) mass is 624 g/mol. The maximum atomic E-state index is 12.8. The van der Waals surface area contributed by atoms with Gasteiger partial charge in [0.2, 0.25) is 6.41 Å². The highest BCUT2D eigenvalue weighted by molar-refractivity contribution is 6.33. The van der Waals surface area contributed by atoms with Crippen LogP contribution in [0.3, 0.4) is 0 Å². The van der Waals surface area contributed by atoms with Crippen LogP contribution in [0.1, 0.15) is 26.3 Å². The van der Waals surface area contributed by atoms with E-state index in [1.54, 1.807) is 23.1 Å². The van der Waals surface area contributed by atoms with Crippen LogP contribution < -0.4 is 20.7 Å². The van der Waals surface area contributed by atoms with E-state index in [-0.39, 0.29) is 28.8 Å². The zero-order chi connectivity index (χ0) is 31.4. The van der Waals surface area contributed by atoms with Crippen LogP contribution in [-0.2, 0) is 11.0 Å². The van der Waals surface area contributed by atoms with E-state index in [9.17, 15) is 31.1 Å². The van der Waals surface area contributed by atoms with Crippen molar-refractivity contribution < 1.29 is 35.9 Å². The Bertz CT molecular complexity index is 1260. The summed E-state index contributed by atoms with van der Waals surface area (Å²) in [7, 11) is 0. The molecule has 1 atom stereocenters. The van der Waals surface area contributed by atoms with E-state index >= 15 is 0 Å². The number of hydrogen-bond donors (Lipinski definition) is 2. The lowest BCUT2D eigenvalue weighted by Crippen LogP contribution is -2.32. The number of alkyl halides is 7. The Labute approximate surface area is 243 Å². The number of allylic oxidation sites excluding steroid dienone is 5. The molecule has 0 saturated carbocycles. The fraction of sp³-hybridized carbons (Fsp3) is 0.259. The summed E-state index contributed by atoms with van der Waals surface area (Å²) in [6.45, 7) is 9.63. The molecule has 0 fully saturated rings. The van der Waals surface area contributed by atoms with Crippen LogP contribution in [0.25, 0.3) is 0 Å². The van der Waals surface area contributed by atoms with Crippen LogP contribution in [0.15, 0.2) is 84.4 Å². The third kappa shape index (κ3) is 12.2. The zero-order valence-corrected chi connectivity index (χ0v) is 23.7. The van der Waals surface area contributed by atoms with Crippen LogP contribution in [0, 0.1) is 0 Å². The number of nitrogens with zero attached hydrogens (tertiary/aromatic N) is 2. The SMILES string of the molecule is C=C(N)CN(C1=CC(C)=CC=CC1Cl)c1ncc(C(F)(F)F)cc1Cl.CC.O=CNc1ccc(OC(F)(F)F)cc1. The molecule has 0 aliphatic heterocycles. The fourth-order valence-corrected chi connectivity index (χ4v) is 3.62. The summed E-state index contributed by atoms with van der Waals surface area (Å²) in [6, 6.07) is 5.65. The number of rotatable bonds is 7. The van der Waals surface area contributed by atoms with Crippen molar-refractivity contribution in [2.75, 3.05) is 16.8 Å². The molecule has 0 radical (unpaired) electrons. The Morgan fingerprint density at radius 1 is 1.20 bits per heavy atom. The van der Waals surface area contributed by atoms with E-state index in [1.165, 1.54) is 12.1 Å². The number of benzene rings is 1. The van der Waals surface area contributed by atoms with E-state index < -0.39 is 23.5 Å². The van der Waals surface area contributed by atoms with Crippen molar-refractivity contribution in [3.8, 4) is 5.75 Å². The fourth-order valence-electron chi connectivity index (χ4n) is 3.09. The number of nitrogens with two attached hydrogens (primary N) is 1. The summed E-state index contributed by atoms with van der Waals surface area (Å²) >= 11 is 12.5. The van der Waals surface area contributed by atoms with Gasteiger partial charge in [0.15, 0.2) is 5.82 Å². The summed E-state index contributed by atoms with van der Waals surface area (Å²) < 4.78 is 77.2. The number of carbonyl (C=O) groups excluding carboxylic acids is 1. The quantitative estimate of drug-likeness (QED) is 0.184. The van der Waals surface area contributed by atoms with Crippen molar-refractivity contribution in [3.63, 3.8) is 0 Å². The minimum absolute atomic E-state index is 0.105. The van der Waals surface area contributed by atoms with Crippen LogP contribution in [-0.4, -0.2) is 29.7 Å².